The van der Waals surface area contributed by atoms with Crippen LogP contribution in [0.4, 0.5) is 10.1 Å². The number of rotatable bonds is 4. The maximum absolute atomic E-state index is 14.7. The lowest BCUT2D eigenvalue weighted by molar-refractivity contribution is -0.121. The quantitative estimate of drug-likeness (QED) is 0.869. The van der Waals surface area contributed by atoms with Crippen LogP contribution in [-0.4, -0.2) is 12.5 Å². The highest BCUT2D eigenvalue weighted by molar-refractivity contribution is 5.97. The van der Waals surface area contributed by atoms with Crippen molar-refractivity contribution in [3.63, 3.8) is 0 Å². The van der Waals surface area contributed by atoms with Crippen LogP contribution in [0, 0.1) is 11.2 Å². The summed E-state index contributed by atoms with van der Waals surface area (Å²) in [5.74, 6) is -0.322. The number of halogens is 2. The van der Waals surface area contributed by atoms with Crippen LogP contribution in [0.2, 0.25) is 0 Å². The van der Waals surface area contributed by atoms with E-state index in [0.29, 0.717) is 18.7 Å². The lowest BCUT2D eigenvalue weighted by Gasteiger charge is -2.21. The van der Waals surface area contributed by atoms with Crippen molar-refractivity contribution in [3.8, 4) is 0 Å². The maximum atomic E-state index is 14.7. The van der Waals surface area contributed by atoms with E-state index in [9.17, 15) is 9.18 Å². The van der Waals surface area contributed by atoms with Gasteiger partial charge in [-0.3, -0.25) is 4.79 Å². The number of carbonyl (C=O) groups excluding carboxylic acids is 1. The van der Waals surface area contributed by atoms with E-state index in [1.165, 1.54) is 0 Å². The van der Waals surface area contributed by atoms with E-state index in [4.69, 9.17) is 0 Å². The first-order valence-electron chi connectivity index (χ1n) is 8.54. The zero-order chi connectivity index (χ0) is 16.6. The molecule has 1 aliphatic heterocycles. The lowest BCUT2D eigenvalue weighted by atomic mass is 9.95. The Morgan fingerprint density at radius 1 is 1.16 bits per heavy atom. The van der Waals surface area contributed by atoms with Gasteiger partial charge >= 0.3 is 0 Å². The van der Waals surface area contributed by atoms with Gasteiger partial charge in [0.2, 0.25) is 5.91 Å². The highest BCUT2D eigenvalue weighted by atomic mass is 35.5. The molecule has 25 heavy (non-hydrogen) atoms. The van der Waals surface area contributed by atoms with Gasteiger partial charge in [0.25, 0.3) is 0 Å². The van der Waals surface area contributed by atoms with Gasteiger partial charge in [-0.2, -0.15) is 0 Å². The molecule has 0 spiro atoms. The molecule has 2 aliphatic rings. The third-order valence-corrected chi connectivity index (χ3v) is 5.18. The van der Waals surface area contributed by atoms with E-state index in [-0.39, 0.29) is 29.5 Å². The van der Waals surface area contributed by atoms with Gasteiger partial charge < -0.3 is 10.6 Å². The molecule has 0 unspecified atom stereocenters. The highest BCUT2D eigenvalue weighted by Gasteiger charge is 2.49. The summed E-state index contributed by atoms with van der Waals surface area (Å²) in [6.07, 6.45) is 3.12. The predicted octanol–water partition coefficient (Wildman–Crippen LogP) is 3.85. The molecule has 1 heterocycles. The Balaban J connectivity index is 0.00000182. The first kappa shape index (κ1) is 17.9. The SMILES string of the molecule is Cl.O=C(Nc1ccc2c(c1F)CCNC2)C1(Cc2ccccc2)CC1. The molecule has 1 fully saturated rings. The molecule has 1 amide bonds. The Labute approximate surface area is 153 Å². The molecule has 0 bridgehead atoms. The molecule has 0 atom stereocenters. The molecule has 2 aromatic rings. The van der Waals surface area contributed by atoms with Crippen molar-refractivity contribution in [3.05, 3.63) is 65.0 Å². The third-order valence-electron chi connectivity index (χ3n) is 5.18. The number of fused-ring (bicyclic) bond motifs is 1. The second-order valence-electron chi connectivity index (χ2n) is 6.89. The summed E-state index contributed by atoms with van der Waals surface area (Å²) in [4.78, 5) is 12.7. The minimum absolute atomic E-state index is 0. The molecule has 1 aliphatic carbocycles. The first-order chi connectivity index (χ1) is 11.7. The Morgan fingerprint density at radius 3 is 2.64 bits per heavy atom. The van der Waals surface area contributed by atoms with Gasteiger partial charge in [-0.05, 0) is 55.0 Å². The smallest absolute Gasteiger partial charge is 0.231 e. The minimum Gasteiger partial charge on any atom is -0.323 e. The van der Waals surface area contributed by atoms with Gasteiger partial charge in [0.05, 0.1) is 11.1 Å². The van der Waals surface area contributed by atoms with Crippen LogP contribution in [0.25, 0.3) is 0 Å². The van der Waals surface area contributed by atoms with Crippen molar-refractivity contribution < 1.29 is 9.18 Å². The normalized spacial score (nSPS) is 17.2. The average Bonchev–Trinajstić information content (AvgIpc) is 3.39. The minimum atomic E-state index is -0.370. The van der Waals surface area contributed by atoms with Crippen molar-refractivity contribution in [1.29, 1.82) is 0 Å². The molecular weight excluding hydrogens is 339 g/mol. The lowest BCUT2D eigenvalue weighted by Crippen LogP contribution is -2.28. The van der Waals surface area contributed by atoms with E-state index in [1.807, 2.05) is 36.4 Å². The van der Waals surface area contributed by atoms with E-state index < -0.39 is 0 Å². The number of carbonyl (C=O) groups is 1. The summed E-state index contributed by atoms with van der Waals surface area (Å²) >= 11 is 0. The Hall–Kier alpha value is -1.91. The molecule has 3 nitrogen and oxygen atoms in total. The van der Waals surface area contributed by atoms with Crippen molar-refractivity contribution in [2.75, 3.05) is 11.9 Å². The summed E-state index contributed by atoms with van der Waals surface area (Å²) in [5, 5.41) is 6.08. The topological polar surface area (TPSA) is 41.1 Å². The summed E-state index contributed by atoms with van der Waals surface area (Å²) in [7, 11) is 0. The molecule has 4 rings (SSSR count). The number of nitrogens with one attached hydrogen (secondary N) is 2. The number of amides is 1. The molecule has 2 N–H and O–H groups in total. The van der Waals surface area contributed by atoms with Crippen LogP contribution < -0.4 is 10.6 Å². The molecule has 0 radical (unpaired) electrons. The van der Waals surface area contributed by atoms with Crippen molar-refractivity contribution in [2.24, 2.45) is 5.41 Å². The van der Waals surface area contributed by atoms with E-state index in [0.717, 1.165) is 42.5 Å². The molecule has 1 saturated carbocycles. The fraction of sp³-hybridized carbons (Fsp3) is 0.350. The van der Waals surface area contributed by atoms with Gasteiger partial charge in [-0.1, -0.05) is 36.4 Å². The molecule has 5 heteroatoms. The van der Waals surface area contributed by atoms with Crippen LogP contribution in [-0.2, 0) is 24.2 Å². The van der Waals surface area contributed by atoms with Crippen molar-refractivity contribution >= 4 is 24.0 Å². The molecule has 0 saturated heterocycles. The van der Waals surface area contributed by atoms with Gasteiger partial charge in [-0.25, -0.2) is 4.39 Å². The zero-order valence-corrected chi connectivity index (χ0v) is 14.8. The fourth-order valence-corrected chi connectivity index (χ4v) is 3.51. The number of hydrogen-bond acceptors (Lipinski definition) is 2. The van der Waals surface area contributed by atoms with E-state index in [2.05, 4.69) is 10.6 Å². The van der Waals surface area contributed by atoms with Gasteiger partial charge in [0, 0.05) is 6.54 Å². The Bertz CT molecular complexity index is 775. The van der Waals surface area contributed by atoms with Crippen LogP contribution in [0.15, 0.2) is 42.5 Å². The monoisotopic (exact) mass is 360 g/mol. The number of anilines is 1. The summed E-state index contributed by atoms with van der Waals surface area (Å²) in [6, 6.07) is 13.6. The molecular formula is C20H22ClFN2O. The highest BCUT2D eigenvalue weighted by Crippen LogP contribution is 2.49. The number of hydrogen-bond donors (Lipinski definition) is 2. The largest absolute Gasteiger partial charge is 0.323 e. The van der Waals surface area contributed by atoms with Gasteiger partial charge in [-0.15, -0.1) is 12.4 Å². The summed E-state index contributed by atoms with van der Waals surface area (Å²) in [6.45, 7) is 1.47. The first-order valence-corrected chi connectivity index (χ1v) is 8.54. The number of benzene rings is 2. The van der Waals surface area contributed by atoms with Crippen molar-refractivity contribution in [1.82, 2.24) is 5.32 Å². The zero-order valence-electron chi connectivity index (χ0n) is 14.0. The van der Waals surface area contributed by atoms with Crippen LogP contribution in [0.1, 0.15) is 29.5 Å². The Kier molecular flexibility index (Phi) is 5.11. The summed E-state index contributed by atoms with van der Waals surface area (Å²) < 4.78 is 14.7. The second kappa shape index (κ2) is 7.14. The predicted molar refractivity (Wildman–Crippen MR) is 99.5 cm³/mol. The Morgan fingerprint density at radius 2 is 1.92 bits per heavy atom. The standard InChI is InChI=1S/C20H21FN2O.ClH/c21-18-16-8-11-22-13-15(16)6-7-17(18)23-19(24)20(9-10-20)12-14-4-2-1-3-5-14;/h1-7,22H,8-13H2,(H,23,24);1H. The van der Waals surface area contributed by atoms with Crippen LogP contribution in [0.3, 0.4) is 0 Å². The average molecular weight is 361 g/mol. The molecule has 2 aromatic carbocycles. The van der Waals surface area contributed by atoms with Crippen molar-refractivity contribution in [2.45, 2.75) is 32.2 Å². The maximum Gasteiger partial charge on any atom is 0.231 e. The molecule has 0 aromatic heterocycles. The van der Waals surface area contributed by atoms with Gasteiger partial charge in [0.1, 0.15) is 5.82 Å². The van der Waals surface area contributed by atoms with Crippen LogP contribution >= 0.6 is 12.4 Å². The van der Waals surface area contributed by atoms with E-state index >= 15 is 0 Å². The molecule has 132 valence electrons. The van der Waals surface area contributed by atoms with Gasteiger partial charge in [0.15, 0.2) is 0 Å². The third kappa shape index (κ3) is 3.55. The fourth-order valence-electron chi connectivity index (χ4n) is 3.51. The van der Waals surface area contributed by atoms with Crippen LogP contribution in [0.5, 0.6) is 0 Å². The summed E-state index contributed by atoms with van der Waals surface area (Å²) in [5.41, 5.74) is 2.83. The van der Waals surface area contributed by atoms with E-state index in [1.54, 1.807) is 6.07 Å². The second-order valence-corrected chi connectivity index (χ2v) is 6.89.